The number of aryl methyl sites for hydroxylation is 1. The van der Waals surface area contributed by atoms with Gasteiger partial charge in [0.25, 0.3) is 5.56 Å². The Kier molecular flexibility index (Phi) is 8.71. The highest BCUT2D eigenvalue weighted by molar-refractivity contribution is 5.77. The Morgan fingerprint density at radius 2 is 1.74 bits per heavy atom. The number of hydrogen-bond donors (Lipinski definition) is 2. The number of allylic oxidation sites excluding steroid dienone is 1. The van der Waals surface area contributed by atoms with Crippen molar-refractivity contribution in [2.24, 2.45) is 7.05 Å². The molecule has 2 atom stereocenters. The molecule has 4 aromatic rings. The summed E-state index contributed by atoms with van der Waals surface area (Å²) in [5.74, 6) is -1.36. The van der Waals surface area contributed by atoms with E-state index in [0.717, 1.165) is 16.7 Å². The lowest BCUT2D eigenvalue weighted by molar-refractivity contribution is -0.275. The Bertz CT molecular complexity index is 1740. The molecule has 2 aromatic heterocycles. The van der Waals surface area contributed by atoms with E-state index in [1.165, 1.54) is 43.5 Å². The molecule has 0 fully saturated rings. The van der Waals surface area contributed by atoms with Crippen LogP contribution in [-0.4, -0.2) is 42.9 Å². The number of aromatic amines is 1. The highest BCUT2D eigenvalue weighted by Gasteiger charge is 2.39. The number of alkyl halides is 7. The number of ether oxygens (including phenoxy) is 2. The molecule has 0 bridgehead atoms. The highest BCUT2D eigenvalue weighted by Crippen LogP contribution is 2.37. The number of hydrogen-bond acceptors (Lipinski definition) is 6. The van der Waals surface area contributed by atoms with E-state index < -0.39 is 54.0 Å². The number of nitrogens with one attached hydrogen (secondary N) is 1. The largest absolute Gasteiger partial charge is 0.573 e. The fraction of sp³-hybridized carbons (Fsp3) is 0.296. The van der Waals surface area contributed by atoms with Crippen LogP contribution in [-0.2, 0) is 20.2 Å². The molecule has 2 N–H and O–H groups in total. The Labute approximate surface area is 237 Å². The molecule has 43 heavy (non-hydrogen) atoms. The van der Waals surface area contributed by atoms with E-state index in [-0.39, 0.29) is 35.7 Å². The molecule has 2 aromatic carbocycles. The van der Waals surface area contributed by atoms with E-state index in [0.29, 0.717) is 15.7 Å². The average molecular weight is 616 g/mol. The quantitative estimate of drug-likeness (QED) is 0.190. The molecule has 9 nitrogen and oxygen atoms in total. The molecule has 230 valence electrons. The molecule has 0 spiro atoms. The van der Waals surface area contributed by atoms with E-state index in [1.54, 1.807) is 0 Å². The van der Waals surface area contributed by atoms with E-state index in [1.807, 2.05) is 4.98 Å². The fourth-order valence-electron chi connectivity index (χ4n) is 4.19. The second-order valence-electron chi connectivity index (χ2n) is 9.33. The number of aliphatic hydroxyl groups is 1. The van der Waals surface area contributed by atoms with Crippen LogP contribution in [0.4, 0.5) is 30.7 Å². The fourth-order valence-corrected chi connectivity index (χ4v) is 4.19. The van der Waals surface area contributed by atoms with E-state index >= 15 is 0 Å². The third-order valence-corrected chi connectivity index (χ3v) is 6.28. The minimum absolute atomic E-state index is 0.0828. The predicted octanol–water partition coefficient (Wildman–Crippen LogP) is 5.08. The second-order valence-corrected chi connectivity index (χ2v) is 9.33. The van der Waals surface area contributed by atoms with Gasteiger partial charge in [0.05, 0.1) is 6.54 Å². The Morgan fingerprint density at radius 3 is 2.35 bits per heavy atom. The monoisotopic (exact) mass is 616 g/mol. The van der Waals surface area contributed by atoms with E-state index in [2.05, 4.69) is 16.3 Å². The standard InChI is InChI=1S/C27H23F7N4O5/c1-3-4-17(28)15-7-5-14(6-8-15)13-42-18-10-9-16(11-19(18)43-27(32,33)34)22-35-23-21(37(22)2)24(40)36-25(41)38(23)12-20(39)26(29,30)31/h3,5-11,17,20,39H,1,4,12-13H2,2H3,(H,36,40,41)/t17?,20-/m1/s1. The third-order valence-electron chi connectivity index (χ3n) is 6.28. The summed E-state index contributed by atoms with van der Waals surface area (Å²) in [7, 11) is 1.25. The molecule has 0 saturated carbocycles. The van der Waals surface area contributed by atoms with Crippen molar-refractivity contribution in [1.29, 1.82) is 0 Å². The average Bonchev–Trinajstić information content (AvgIpc) is 3.26. The Morgan fingerprint density at radius 1 is 1.07 bits per heavy atom. The van der Waals surface area contributed by atoms with Crippen molar-refractivity contribution >= 4 is 11.2 Å². The van der Waals surface area contributed by atoms with Crippen molar-refractivity contribution in [2.75, 3.05) is 0 Å². The van der Waals surface area contributed by atoms with Crippen LogP contribution in [0.5, 0.6) is 11.5 Å². The normalized spacial score (nSPS) is 13.6. The number of benzene rings is 2. The van der Waals surface area contributed by atoms with Crippen LogP contribution in [0.1, 0.15) is 23.7 Å². The number of nitrogens with zero attached hydrogens (tertiary/aromatic N) is 3. The van der Waals surface area contributed by atoms with Gasteiger partial charge in [0.15, 0.2) is 28.8 Å². The van der Waals surface area contributed by atoms with Gasteiger partial charge in [-0.1, -0.05) is 30.3 Å². The summed E-state index contributed by atoms with van der Waals surface area (Å²) >= 11 is 0. The molecule has 0 amide bonds. The molecule has 0 aliphatic carbocycles. The van der Waals surface area contributed by atoms with Crippen LogP contribution in [0.2, 0.25) is 0 Å². The lowest BCUT2D eigenvalue weighted by Gasteiger charge is -2.16. The van der Waals surface area contributed by atoms with Gasteiger partial charge in [-0.3, -0.25) is 14.3 Å². The lowest BCUT2D eigenvalue weighted by Crippen LogP contribution is -2.39. The molecule has 0 radical (unpaired) electrons. The van der Waals surface area contributed by atoms with Gasteiger partial charge in [-0.25, -0.2) is 14.2 Å². The van der Waals surface area contributed by atoms with Gasteiger partial charge in [-0.2, -0.15) is 13.2 Å². The van der Waals surface area contributed by atoms with Crippen LogP contribution in [0.3, 0.4) is 0 Å². The van der Waals surface area contributed by atoms with Crippen molar-refractivity contribution in [3.05, 3.63) is 87.1 Å². The van der Waals surface area contributed by atoms with Gasteiger partial charge >= 0.3 is 18.2 Å². The van der Waals surface area contributed by atoms with E-state index in [4.69, 9.17) is 4.74 Å². The molecular weight excluding hydrogens is 593 g/mol. The summed E-state index contributed by atoms with van der Waals surface area (Å²) in [5.41, 5.74) is -2.43. The molecule has 0 aliphatic rings. The first-order valence-electron chi connectivity index (χ1n) is 12.4. The molecule has 0 aliphatic heterocycles. The van der Waals surface area contributed by atoms with Crippen LogP contribution in [0.25, 0.3) is 22.6 Å². The molecule has 4 rings (SSSR count). The predicted molar refractivity (Wildman–Crippen MR) is 139 cm³/mol. The first-order chi connectivity index (χ1) is 20.1. The van der Waals surface area contributed by atoms with Crippen molar-refractivity contribution in [3.8, 4) is 22.9 Å². The van der Waals surface area contributed by atoms with Gasteiger partial charge in [0.2, 0.25) is 0 Å². The van der Waals surface area contributed by atoms with Gasteiger partial charge in [-0.05, 0) is 29.3 Å². The van der Waals surface area contributed by atoms with Crippen molar-refractivity contribution < 1.29 is 45.3 Å². The zero-order valence-corrected chi connectivity index (χ0v) is 22.2. The minimum atomic E-state index is -5.16. The summed E-state index contributed by atoms with van der Waals surface area (Å²) in [5, 5.41) is 9.48. The second kappa shape index (κ2) is 11.9. The van der Waals surface area contributed by atoms with E-state index in [9.17, 15) is 45.4 Å². The number of H-pyrrole nitrogens is 1. The maximum atomic E-state index is 14.0. The summed E-state index contributed by atoms with van der Waals surface area (Å²) in [6.45, 7) is 1.95. The molecular formula is C27H23F7N4O5. The third kappa shape index (κ3) is 7.07. The first-order valence-corrected chi connectivity index (χ1v) is 12.4. The highest BCUT2D eigenvalue weighted by atomic mass is 19.4. The molecule has 2 heterocycles. The van der Waals surface area contributed by atoms with Gasteiger partial charge in [0, 0.05) is 19.0 Å². The molecule has 16 heteroatoms. The lowest BCUT2D eigenvalue weighted by atomic mass is 10.1. The van der Waals surface area contributed by atoms with Gasteiger partial charge in [-0.15, -0.1) is 19.8 Å². The number of rotatable bonds is 10. The number of halogens is 7. The Balaban J connectivity index is 1.71. The number of imidazole rings is 1. The number of fused-ring (bicyclic) bond motifs is 1. The maximum absolute atomic E-state index is 14.0. The zero-order chi connectivity index (χ0) is 31.7. The zero-order valence-electron chi connectivity index (χ0n) is 22.2. The summed E-state index contributed by atoms with van der Waals surface area (Å²) in [6, 6.07) is 9.35. The Hall–Kier alpha value is -4.60. The van der Waals surface area contributed by atoms with Crippen LogP contribution in [0.15, 0.2) is 64.7 Å². The molecule has 1 unspecified atom stereocenters. The molecule has 0 saturated heterocycles. The smallest absolute Gasteiger partial charge is 0.485 e. The van der Waals surface area contributed by atoms with Crippen molar-refractivity contribution in [3.63, 3.8) is 0 Å². The van der Waals surface area contributed by atoms with Crippen molar-refractivity contribution in [2.45, 2.75) is 44.4 Å². The van der Waals surface area contributed by atoms with Crippen LogP contribution < -0.4 is 20.7 Å². The van der Waals surface area contributed by atoms with Crippen LogP contribution >= 0.6 is 0 Å². The topological polar surface area (TPSA) is 111 Å². The van der Waals surface area contributed by atoms with Crippen molar-refractivity contribution in [1.82, 2.24) is 19.1 Å². The summed E-state index contributed by atoms with van der Waals surface area (Å²) < 4.78 is 104. The first kappa shape index (κ1) is 31.3. The maximum Gasteiger partial charge on any atom is 0.573 e. The van der Waals surface area contributed by atoms with Crippen LogP contribution in [0, 0.1) is 0 Å². The SMILES string of the molecule is C=CCC(F)c1ccc(COc2ccc(-c3nc4c(c(=O)[nH]c(=O)n4C[C@@H](O)C(F)(F)F)n3C)cc2OC(F)(F)F)cc1. The summed E-state index contributed by atoms with van der Waals surface area (Å²) in [4.78, 5) is 30.7. The number of aromatic nitrogens is 4. The van der Waals surface area contributed by atoms with Gasteiger partial charge in [0.1, 0.15) is 18.6 Å². The van der Waals surface area contributed by atoms with Gasteiger partial charge < -0.3 is 19.1 Å². The minimum Gasteiger partial charge on any atom is -0.485 e. The summed E-state index contributed by atoms with van der Waals surface area (Å²) in [6.07, 6.45) is -13.0. The number of aliphatic hydroxyl groups excluding tert-OH is 1.